The Bertz CT molecular complexity index is 5660. The molecule has 5 nitrogen and oxygen atoms in total. The molecule has 0 spiro atoms. The summed E-state index contributed by atoms with van der Waals surface area (Å²) in [7, 11) is 0. The van der Waals surface area contributed by atoms with Crippen LogP contribution in [0.3, 0.4) is 0 Å². The topological polar surface area (TPSA) is 35.9 Å². The Kier molecular flexibility index (Phi) is 6.65. The van der Waals surface area contributed by atoms with E-state index in [9.17, 15) is 20.6 Å². The van der Waals surface area contributed by atoms with Crippen molar-refractivity contribution in [3.05, 3.63) is 235 Å². The van der Waals surface area contributed by atoms with Crippen LogP contribution in [0.1, 0.15) is 115 Å². The van der Waals surface area contributed by atoms with Gasteiger partial charge in [0.15, 0.2) is 0 Å². The summed E-state index contributed by atoms with van der Waals surface area (Å²) >= 11 is 0. The maximum Gasteiger partial charge on any atom is 0.268 e. The Balaban J connectivity index is 0.00000978. The largest absolute Gasteiger partial charge is 0.510 e. The summed E-state index contributed by atoms with van der Waals surface area (Å²) in [5.74, 6) is 0.922. The average Bonchev–Trinajstić information content (AvgIpc) is 0.738. The normalized spacial score (nSPS) is 21.0. The minimum absolute atomic E-state index is 0. The van der Waals surface area contributed by atoms with Crippen molar-refractivity contribution in [2.24, 2.45) is 0 Å². The van der Waals surface area contributed by atoms with Gasteiger partial charge in [0.25, 0.3) is 6.33 Å². The van der Waals surface area contributed by atoms with Gasteiger partial charge in [-0.15, -0.1) is 29.7 Å². The summed E-state index contributed by atoms with van der Waals surface area (Å²) in [6, 6.07) is 31.4. The summed E-state index contributed by atoms with van der Waals surface area (Å²) in [5.41, 5.74) is -13.6. The van der Waals surface area contributed by atoms with Gasteiger partial charge in [-0.2, -0.15) is 18.2 Å². The van der Waals surface area contributed by atoms with Gasteiger partial charge < -0.3 is 13.9 Å². The summed E-state index contributed by atoms with van der Waals surface area (Å²) in [4.78, 5) is 4.80. The third kappa shape index (κ3) is 8.08. The standard InChI is InChI=1S/C72H58N4O.Pt/c1-70(2,3)49-35-38-73-67(42-49)76-64-30-16-15-27-58(64)59-33-32-52(44-65(59)76)77-51-22-17-21-50(43-51)74-45-75-68-53(47-31-34-62-63(40-47)72(6,7)37-36-71(62,4)5)28-18-29-60(68)56-25-13-11-23-54(56)55-24-12-14-26-57(55)61-39-48(41-66(74)69(61)75)46-19-9-8-10-20-46;/h8-35,38-42H,36-37H2,1-7H3;/q-2;/i4D3,5D3,6D3,7D3,11D,12D,13D,14D,23D,24D,25D,26D,31D,34D,36D2,37D2,40D;. The van der Waals surface area contributed by atoms with E-state index in [-0.39, 0.29) is 71.4 Å². The van der Waals surface area contributed by atoms with E-state index in [0.717, 1.165) is 27.9 Å². The number of pyridine rings is 1. The molecular formula is C72H58N4OPt-2. The van der Waals surface area contributed by atoms with E-state index >= 15 is 0 Å². The summed E-state index contributed by atoms with van der Waals surface area (Å²) in [6.07, 6.45) is -4.27. The number of aromatic nitrogens is 4. The quantitative estimate of drug-likeness (QED) is 0.123. The van der Waals surface area contributed by atoms with Crippen molar-refractivity contribution in [2.75, 3.05) is 0 Å². The Hall–Kier alpha value is -8.11. The second-order valence-corrected chi connectivity index (χ2v) is 20.1. The first kappa shape index (κ1) is 28.0. The van der Waals surface area contributed by atoms with Crippen LogP contribution in [0.4, 0.5) is 0 Å². The molecule has 0 unspecified atom stereocenters. The zero-order valence-electron chi connectivity index (χ0n) is 68.7. The molecule has 0 saturated heterocycles. The van der Waals surface area contributed by atoms with Gasteiger partial charge in [0.1, 0.15) is 5.82 Å². The number of imidazole rings is 1. The van der Waals surface area contributed by atoms with Gasteiger partial charge in [-0.05, 0) is 137 Å². The molecule has 1 aliphatic carbocycles. The van der Waals surface area contributed by atoms with Crippen molar-refractivity contribution in [2.45, 2.75) is 77.2 Å². The van der Waals surface area contributed by atoms with Crippen LogP contribution >= 0.6 is 0 Å². The second kappa shape index (κ2) is 18.5. The zero-order chi connectivity index (χ0) is 75.5. The molecule has 3 aromatic heterocycles. The van der Waals surface area contributed by atoms with E-state index in [0.29, 0.717) is 22.5 Å². The minimum Gasteiger partial charge on any atom is -0.510 e. The Morgan fingerprint density at radius 1 is 0.603 bits per heavy atom. The second-order valence-electron chi connectivity index (χ2n) is 20.1. The third-order valence-corrected chi connectivity index (χ3v) is 14.2. The Morgan fingerprint density at radius 3 is 2.04 bits per heavy atom. The molecule has 9 aromatic carbocycles. The van der Waals surface area contributed by atoms with E-state index in [1.165, 1.54) is 21.3 Å². The fourth-order valence-corrected chi connectivity index (χ4v) is 10.5. The molecule has 0 N–H and O–H groups in total. The number of rotatable bonds is 6. The van der Waals surface area contributed by atoms with E-state index in [4.69, 9.17) is 26.2 Å². The smallest absolute Gasteiger partial charge is 0.268 e. The van der Waals surface area contributed by atoms with Crippen LogP contribution in [-0.4, -0.2) is 14.1 Å². The predicted molar refractivity (Wildman–Crippen MR) is 315 cm³/mol. The van der Waals surface area contributed by atoms with Crippen molar-refractivity contribution in [1.29, 1.82) is 0 Å². The zero-order valence-corrected chi connectivity index (χ0v) is 44.0. The molecule has 0 bridgehead atoms. The van der Waals surface area contributed by atoms with E-state index < -0.39 is 162 Å². The predicted octanol–water partition coefficient (Wildman–Crippen LogP) is 17.9. The molecule has 12 aromatic rings. The molecule has 6 heteroatoms. The third-order valence-electron chi connectivity index (χ3n) is 14.2. The van der Waals surface area contributed by atoms with E-state index in [2.05, 4.69) is 39.2 Å². The fourth-order valence-electron chi connectivity index (χ4n) is 10.5. The van der Waals surface area contributed by atoms with Crippen molar-refractivity contribution in [1.82, 2.24) is 14.1 Å². The first-order valence-electron chi connectivity index (χ1n) is 38.1. The van der Waals surface area contributed by atoms with Gasteiger partial charge in [0.2, 0.25) is 0 Å². The fraction of sp³-hybridized carbons (Fsp3) is 0.167. The number of hydrogen-bond acceptors (Lipinski definition) is 2. The van der Waals surface area contributed by atoms with Gasteiger partial charge in [-0.3, -0.25) is 4.57 Å². The van der Waals surface area contributed by atoms with Crippen LogP contribution in [0.25, 0.3) is 106 Å². The number of nitrogens with zero attached hydrogens (tertiary/aromatic N) is 4. The molecule has 0 radical (unpaired) electrons. The first-order valence-corrected chi connectivity index (χ1v) is 24.6. The van der Waals surface area contributed by atoms with Crippen molar-refractivity contribution >= 4 is 32.8 Å². The van der Waals surface area contributed by atoms with Gasteiger partial charge in [-0.1, -0.05) is 193 Å². The van der Waals surface area contributed by atoms with Gasteiger partial charge in [-0.25, -0.2) is 4.98 Å². The summed E-state index contributed by atoms with van der Waals surface area (Å²) in [6.45, 7) is -11.3. The minimum atomic E-state index is -4.70. The van der Waals surface area contributed by atoms with Crippen LogP contribution in [0.15, 0.2) is 200 Å². The number of para-hydroxylation sites is 2. The van der Waals surface area contributed by atoms with Crippen molar-refractivity contribution in [3.63, 3.8) is 0 Å². The molecule has 0 fully saturated rings. The van der Waals surface area contributed by atoms with Gasteiger partial charge in [0.05, 0.1) is 31.8 Å². The number of ether oxygens (including phenoxy) is 1. The molecule has 78 heavy (non-hydrogen) atoms. The van der Waals surface area contributed by atoms with Crippen LogP contribution in [0, 0.1) is 18.5 Å². The van der Waals surface area contributed by atoms with Gasteiger partial charge in [0, 0.05) is 66.2 Å². The van der Waals surface area contributed by atoms with Crippen LogP contribution in [-0.2, 0) is 37.3 Å². The van der Waals surface area contributed by atoms with Crippen LogP contribution in [0.5, 0.6) is 11.5 Å². The molecule has 14 rings (SSSR count). The van der Waals surface area contributed by atoms with Crippen molar-refractivity contribution in [3.8, 4) is 84.3 Å². The van der Waals surface area contributed by atoms with Crippen LogP contribution < -0.4 is 9.30 Å². The van der Waals surface area contributed by atoms with E-state index in [1.807, 2.05) is 47.0 Å². The Labute approximate surface area is 509 Å². The monoisotopic (exact) mass is 1220 g/mol. The van der Waals surface area contributed by atoms with Gasteiger partial charge >= 0.3 is 0 Å². The molecule has 0 atom stereocenters. The average molecular weight is 1220 g/mol. The summed E-state index contributed by atoms with van der Waals surface area (Å²) < 4.78 is 265. The molecular weight excluding hydrogens is 1130 g/mol. The number of fused-ring (bicyclic) bond motifs is 11. The summed E-state index contributed by atoms with van der Waals surface area (Å²) in [5, 5.41) is 1.74. The SMILES string of the molecule is [2H]c1c([2H])c([2H])c2c(c1[2H])-c1cccc(-c3c([2H])c([2H])c4c(c3[2H])C(C([2H])([2H])[2H])(C([2H])([2H])[2H])C([2H])([2H])C([2H])([2H])C4(C([2H])([2H])[2H])C([2H])([2H])[2H])c1-[n+]1[c-]n(-c3[c-]c(Oc4[c-]c5c(cc4)c4ccccc4n5-c4cc(C(C)(C)C)ccn4)ccc3)c3cc(-c4ccccc4)cc(c31)-c1c([2H])c([2H])c([2H])c([2H])c1-2.[Pt]. The first-order chi connectivity index (χ1) is 48.4. The molecule has 0 saturated carbocycles. The van der Waals surface area contributed by atoms with Crippen molar-refractivity contribution < 1.29 is 67.4 Å². The maximum absolute atomic E-state index is 10.5. The number of hydrogen-bond donors (Lipinski definition) is 0. The number of benzene rings is 9. The molecule has 384 valence electrons. The molecule has 1 aliphatic heterocycles. The molecule has 4 heterocycles. The molecule has 0 amide bonds. The van der Waals surface area contributed by atoms with Crippen LogP contribution in [0.2, 0.25) is 0 Å². The maximum atomic E-state index is 10.5. The van der Waals surface area contributed by atoms with E-state index in [1.54, 1.807) is 72.9 Å². The Morgan fingerprint density at radius 2 is 1.28 bits per heavy atom. The molecule has 2 aliphatic rings.